The number of aromatic nitrogens is 2. The van der Waals surface area contributed by atoms with Crippen LogP contribution in [0.25, 0.3) is 0 Å². The maximum absolute atomic E-state index is 5.99. The summed E-state index contributed by atoms with van der Waals surface area (Å²) >= 11 is 5.99. The van der Waals surface area contributed by atoms with Crippen LogP contribution in [0.4, 0.5) is 0 Å². The SMILES string of the molecule is CC(C)c1n[nH]c(C2CCC2)c1CCl. The normalized spacial score (nSPS) is 17.4. The van der Waals surface area contributed by atoms with Crippen LogP contribution in [-0.4, -0.2) is 10.2 Å². The molecule has 3 heteroatoms. The Bertz CT molecular complexity index is 313. The molecular weight excluding hydrogens is 196 g/mol. The molecule has 2 nitrogen and oxygen atoms in total. The van der Waals surface area contributed by atoms with E-state index in [1.165, 1.54) is 30.5 Å². The van der Waals surface area contributed by atoms with Crippen LogP contribution < -0.4 is 0 Å². The third-order valence-electron chi connectivity index (χ3n) is 3.13. The highest BCUT2D eigenvalue weighted by atomic mass is 35.5. The van der Waals surface area contributed by atoms with Crippen molar-refractivity contribution in [1.29, 1.82) is 0 Å². The summed E-state index contributed by atoms with van der Waals surface area (Å²) in [6.45, 7) is 4.33. The first kappa shape index (κ1) is 10.0. The lowest BCUT2D eigenvalue weighted by Gasteiger charge is -2.25. The molecule has 1 fully saturated rings. The quantitative estimate of drug-likeness (QED) is 0.763. The molecule has 1 N–H and O–H groups in total. The molecule has 1 heterocycles. The lowest BCUT2D eigenvalue weighted by molar-refractivity contribution is 0.409. The number of alkyl halides is 1. The summed E-state index contributed by atoms with van der Waals surface area (Å²) in [6, 6.07) is 0. The van der Waals surface area contributed by atoms with Gasteiger partial charge in [0.2, 0.25) is 0 Å². The van der Waals surface area contributed by atoms with Crippen LogP contribution in [-0.2, 0) is 5.88 Å². The lowest BCUT2D eigenvalue weighted by Crippen LogP contribution is -2.11. The fraction of sp³-hybridized carbons (Fsp3) is 0.727. The summed E-state index contributed by atoms with van der Waals surface area (Å²) in [5.41, 5.74) is 3.71. The second kappa shape index (κ2) is 3.93. The van der Waals surface area contributed by atoms with Gasteiger partial charge in [-0.15, -0.1) is 11.6 Å². The zero-order valence-electron chi connectivity index (χ0n) is 8.81. The Labute approximate surface area is 90.0 Å². The molecule has 0 atom stereocenters. The third-order valence-corrected chi connectivity index (χ3v) is 3.39. The molecule has 0 aromatic carbocycles. The van der Waals surface area contributed by atoms with Gasteiger partial charge in [-0.1, -0.05) is 20.3 Å². The van der Waals surface area contributed by atoms with Gasteiger partial charge in [0.25, 0.3) is 0 Å². The molecule has 2 rings (SSSR count). The molecular formula is C11H17ClN2. The Balaban J connectivity index is 2.30. The van der Waals surface area contributed by atoms with Crippen LogP contribution in [0.5, 0.6) is 0 Å². The highest BCUT2D eigenvalue weighted by Gasteiger charge is 2.26. The first-order chi connectivity index (χ1) is 6.74. The van der Waals surface area contributed by atoms with Gasteiger partial charge in [0.05, 0.1) is 11.6 Å². The molecule has 0 aliphatic heterocycles. The summed E-state index contributed by atoms with van der Waals surface area (Å²) in [5, 5.41) is 7.55. The second-order valence-corrected chi connectivity index (χ2v) is 4.68. The number of aromatic amines is 1. The van der Waals surface area contributed by atoms with Crippen molar-refractivity contribution < 1.29 is 0 Å². The molecule has 1 aromatic heterocycles. The number of halogens is 1. The Morgan fingerprint density at radius 3 is 2.64 bits per heavy atom. The average molecular weight is 213 g/mol. The molecule has 0 radical (unpaired) electrons. The third kappa shape index (κ3) is 1.56. The average Bonchev–Trinajstić information content (AvgIpc) is 2.44. The predicted molar refractivity (Wildman–Crippen MR) is 58.8 cm³/mol. The Morgan fingerprint density at radius 2 is 2.21 bits per heavy atom. The van der Waals surface area contributed by atoms with Crippen molar-refractivity contribution in [3.05, 3.63) is 17.0 Å². The Morgan fingerprint density at radius 1 is 1.50 bits per heavy atom. The molecule has 14 heavy (non-hydrogen) atoms. The minimum Gasteiger partial charge on any atom is -0.282 e. The molecule has 1 aromatic rings. The first-order valence-electron chi connectivity index (χ1n) is 5.37. The van der Waals surface area contributed by atoms with E-state index in [1.807, 2.05) is 0 Å². The van der Waals surface area contributed by atoms with Crippen molar-refractivity contribution in [2.75, 3.05) is 0 Å². The van der Waals surface area contributed by atoms with Crippen LogP contribution in [0, 0.1) is 0 Å². The van der Waals surface area contributed by atoms with E-state index in [-0.39, 0.29) is 0 Å². The van der Waals surface area contributed by atoms with E-state index in [1.54, 1.807) is 0 Å². The van der Waals surface area contributed by atoms with Gasteiger partial charge in [-0.25, -0.2) is 0 Å². The van der Waals surface area contributed by atoms with E-state index >= 15 is 0 Å². The van der Waals surface area contributed by atoms with Gasteiger partial charge in [0.1, 0.15) is 0 Å². The van der Waals surface area contributed by atoms with E-state index in [4.69, 9.17) is 11.6 Å². The number of nitrogens with zero attached hydrogens (tertiary/aromatic N) is 1. The van der Waals surface area contributed by atoms with Crippen LogP contribution in [0.3, 0.4) is 0 Å². The standard InChI is InChI=1S/C11H17ClN2/c1-7(2)10-9(6-12)11(14-13-10)8-4-3-5-8/h7-8H,3-6H2,1-2H3,(H,13,14). The Hall–Kier alpha value is -0.500. The second-order valence-electron chi connectivity index (χ2n) is 4.42. The number of rotatable bonds is 3. The maximum atomic E-state index is 5.99. The highest BCUT2D eigenvalue weighted by Crippen LogP contribution is 2.38. The van der Waals surface area contributed by atoms with Gasteiger partial charge < -0.3 is 0 Å². The van der Waals surface area contributed by atoms with E-state index in [0.29, 0.717) is 17.7 Å². The van der Waals surface area contributed by atoms with Gasteiger partial charge in [-0.2, -0.15) is 5.10 Å². The minimum atomic E-state index is 0.467. The van der Waals surface area contributed by atoms with Crippen molar-refractivity contribution in [3.63, 3.8) is 0 Å². The van der Waals surface area contributed by atoms with E-state index < -0.39 is 0 Å². The van der Waals surface area contributed by atoms with Gasteiger partial charge in [0.15, 0.2) is 0 Å². The van der Waals surface area contributed by atoms with E-state index in [9.17, 15) is 0 Å². The van der Waals surface area contributed by atoms with Gasteiger partial charge in [-0.3, -0.25) is 5.10 Å². The van der Waals surface area contributed by atoms with Gasteiger partial charge >= 0.3 is 0 Å². The predicted octanol–water partition coefficient (Wildman–Crippen LogP) is 3.54. The topological polar surface area (TPSA) is 28.7 Å². The number of H-pyrrole nitrogens is 1. The summed E-state index contributed by atoms with van der Waals surface area (Å²) in [4.78, 5) is 0. The van der Waals surface area contributed by atoms with Gasteiger partial charge in [-0.05, 0) is 18.8 Å². The molecule has 0 saturated heterocycles. The zero-order valence-corrected chi connectivity index (χ0v) is 9.56. The van der Waals surface area contributed by atoms with Crippen LogP contribution in [0.1, 0.15) is 61.9 Å². The fourth-order valence-electron chi connectivity index (χ4n) is 2.05. The van der Waals surface area contributed by atoms with Crippen LogP contribution >= 0.6 is 11.6 Å². The molecule has 1 saturated carbocycles. The molecule has 1 aliphatic rings. The molecule has 0 amide bonds. The zero-order chi connectivity index (χ0) is 10.1. The van der Waals surface area contributed by atoms with Crippen molar-refractivity contribution >= 4 is 11.6 Å². The van der Waals surface area contributed by atoms with Crippen LogP contribution in [0.2, 0.25) is 0 Å². The number of nitrogens with one attached hydrogen (secondary N) is 1. The number of hydrogen-bond acceptors (Lipinski definition) is 1. The summed E-state index contributed by atoms with van der Waals surface area (Å²) in [7, 11) is 0. The summed E-state index contributed by atoms with van der Waals surface area (Å²) in [6.07, 6.45) is 3.94. The molecule has 0 bridgehead atoms. The van der Waals surface area contributed by atoms with Crippen molar-refractivity contribution in [1.82, 2.24) is 10.2 Å². The first-order valence-corrected chi connectivity index (χ1v) is 5.90. The van der Waals surface area contributed by atoms with Crippen LogP contribution in [0.15, 0.2) is 0 Å². The largest absolute Gasteiger partial charge is 0.282 e. The van der Waals surface area contributed by atoms with Crippen molar-refractivity contribution in [2.24, 2.45) is 0 Å². The molecule has 78 valence electrons. The smallest absolute Gasteiger partial charge is 0.0694 e. The van der Waals surface area contributed by atoms with E-state index in [2.05, 4.69) is 24.0 Å². The summed E-state index contributed by atoms with van der Waals surface area (Å²) < 4.78 is 0. The van der Waals surface area contributed by atoms with Crippen molar-refractivity contribution in [3.8, 4) is 0 Å². The molecule has 1 aliphatic carbocycles. The van der Waals surface area contributed by atoms with Crippen molar-refractivity contribution in [2.45, 2.75) is 50.8 Å². The lowest BCUT2D eigenvalue weighted by atomic mass is 9.81. The Kier molecular flexibility index (Phi) is 2.82. The van der Waals surface area contributed by atoms with E-state index in [0.717, 1.165) is 5.69 Å². The highest BCUT2D eigenvalue weighted by molar-refractivity contribution is 6.17. The fourth-order valence-corrected chi connectivity index (χ4v) is 2.33. The van der Waals surface area contributed by atoms with Gasteiger partial charge in [0, 0.05) is 17.2 Å². The summed E-state index contributed by atoms with van der Waals surface area (Å²) in [5.74, 6) is 1.76. The number of hydrogen-bond donors (Lipinski definition) is 1. The monoisotopic (exact) mass is 212 g/mol. The minimum absolute atomic E-state index is 0.467. The maximum Gasteiger partial charge on any atom is 0.0694 e. The molecule has 0 unspecified atom stereocenters. The molecule has 0 spiro atoms.